The second-order valence-electron chi connectivity index (χ2n) is 5.90. The highest BCUT2D eigenvalue weighted by Gasteiger charge is 2.21. The Morgan fingerprint density at radius 2 is 1.96 bits per heavy atom. The number of carbonyl (C=O) groups is 1. The van der Waals surface area contributed by atoms with Crippen molar-refractivity contribution in [2.45, 2.75) is 6.54 Å². The van der Waals surface area contributed by atoms with Crippen molar-refractivity contribution in [3.63, 3.8) is 0 Å². The summed E-state index contributed by atoms with van der Waals surface area (Å²) in [5.74, 6) is 0.445. The maximum Gasteiger partial charge on any atom is 0.338 e. The molecular weight excluding hydrogens is 316 g/mol. The number of anilines is 1. The van der Waals surface area contributed by atoms with Crippen LogP contribution in [0.3, 0.4) is 0 Å². The number of benzene rings is 1. The average Bonchev–Trinajstić information content (AvgIpc) is 2.68. The van der Waals surface area contributed by atoms with E-state index < -0.39 is 0 Å². The Morgan fingerprint density at radius 1 is 1.20 bits per heavy atom. The third-order valence-electron chi connectivity index (χ3n) is 4.40. The zero-order chi connectivity index (χ0) is 17.6. The van der Waals surface area contributed by atoms with Crippen LogP contribution in [0.1, 0.15) is 21.5 Å². The number of carbonyl (C=O) groups excluding carboxylic acids is 1. The number of aromatic nitrogens is 1. The summed E-state index contributed by atoms with van der Waals surface area (Å²) < 4.78 is 4.86. The molecule has 0 amide bonds. The molecule has 1 aromatic carbocycles. The van der Waals surface area contributed by atoms with E-state index in [0.29, 0.717) is 17.7 Å². The van der Waals surface area contributed by atoms with Crippen LogP contribution in [0.4, 0.5) is 5.82 Å². The minimum absolute atomic E-state index is 0.304. The fraction of sp³-hybridized carbons (Fsp3) is 0.316. The number of piperazine rings is 1. The van der Waals surface area contributed by atoms with E-state index in [1.54, 1.807) is 24.4 Å². The quantitative estimate of drug-likeness (QED) is 0.796. The number of esters is 1. The molecule has 0 atom stereocenters. The van der Waals surface area contributed by atoms with E-state index in [1.165, 1.54) is 7.11 Å². The van der Waals surface area contributed by atoms with Crippen LogP contribution >= 0.6 is 0 Å². The van der Waals surface area contributed by atoms with Gasteiger partial charge < -0.3 is 9.64 Å². The van der Waals surface area contributed by atoms with Crippen LogP contribution in [-0.2, 0) is 11.3 Å². The molecule has 0 N–H and O–H groups in total. The summed E-state index contributed by atoms with van der Waals surface area (Å²) in [6.45, 7) is 3.98. The lowest BCUT2D eigenvalue weighted by Gasteiger charge is -2.35. The van der Waals surface area contributed by atoms with E-state index in [2.05, 4.69) is 20.9 Å². The topological polar surface area (TPSA) is 69.5 Å². The molecule has 128 valence electrons. The van der Waals surface area contributed by atoms with E-state index in [9.17, 15) is 10.1 Å². The lowest BCUT2D eigenvalue weighted by Crippen LogP contribution is -2.46. The average molecular weight is 336 g/mol. The van der Waals surface area contributed by atoms with Crippen LogP contribution in [-0.4, -0.2) is 49.1 Å². The Balaban J connectivity index is 1.66. The highest BCUT2D eigenvalue weighted by atomic mass is 16.5. The maximum atomic E-state index is 11.9. The van der Waals surface area contributed by atoms with E-state index in [1.807, 2.05) is 18.2 Å². The normalized spacial score (nSPS) is 14.8. The number of hydrogen-bond donors (Lipinski definition) is 0. The molecule has 0 radical (unpaired) electrons. The monoisotopic (exact) mass is 336 g/mol. The highest BCUT2D eigenvalue weighted by Crippen LogP contribution is 2.20. The molecule has 1 aliphatic rings. The van der Waals surface area contributed by atoms with Crippen LogP contribution < -0.4 is 4.90 Å². The van der Waals surface area contributed by atoms with E-state index >= 15 is 0 Å². The molecule has 1 saturated heterocycles. The van der Waals surface area contributed by atoms with Crippen molar-refractivity contribution in [2.24, 2.45) is 0 Å². The molecule has 2 aromatic rings. The predicted octanol–water partition coefficient (Wildman–Crippen LogP) is 2.06. The van der Waals surface area contributed by atoms with Gasteiger partial charge in [0.15, 0.2) is 0 Å². The number of ether oxygens (including phenoxy) is 1. The number of nitrogens with zero attached hydrogens (tertiary/aromatic N) is 4. The molecule has 1 aliphatic heterocycles. The molecule has 0 saturated carbocycles. The Morgan fingerprint density at radius 3 is 2.68 bits per heavy atom. The van der Waals surface area contributed by atoms with E-state index in [0.717, 1.165) is 37.6 Å². The van der Waals surface area contributed by atoms with Gasteiger partial charge in [-0.15, -0.1) is 0 Å². The Kier molecular flexibility index (Phi) is 5.26. The predicted molar refractivity (Wildman–Crippen MR) is 94.2 cm³/mol. The van der Waals surface area contributed by atoms with Gasteiger partial charge in [0, 0.05) is 38.9 Å². The van der Waals surface area contributed by atoms with Crippen molar-refractivity contribution >= 4 is 11.8 Å². The summed E-state index contributed by atoms with van der Waals surface area (Å²) in [6.07, 6.45) is 1.72. The summed E-state index contributed by atoms with van der Waals surface area (Å²) in [4.78, 5) is 20.7. The lowest BCUT2D eigenvalue weighted by atomic mass is 10.1. The van der Waals surface area contributed by atoms with Gasteiger partial charge in [-0.3, -0.25) is 4.90 Å². The van der Waals surface area contributed by atoms with Gasteiger partial charge in [0.25, 0.3) is 0 Å². The smallest absolute Gasteiger partial charge is 0.338 e. The van der Waals surface area contributed by atoms with Gasteiger partial charge in [-0.05, 0) is 23.8 Å². The van der Waals surface area contributed by atoms with Gasteiger partial charge >= 0.3 is 5.97 Å². The third-order valence-corrected chi connectivity index (χ3v) is 4.40. The van der Waals surface area contributed by atoms with Crippen molar-refractivity contribution < 1.29 is 9.53 Å². The van der Waals surface area contributed by atoms with E-state index in [4.69, 9.17) is 4.74 Å². The second-order valence-corrected chi connectivity index (χ2v) is 5.90. The van der Waals surface area contributed by atoms with E-state index in [-0.39, 0.29) is 5.97 Å². The van der Waals surface area contributed by atoms with Crippen LogP contribution in [0.25, 0.3) is 0 Å². The molecule has 25 heavy (non-hydrogen) atoms. The molecular formula is C19H20N4O2. The van der Waals surface area contributed by atoms with Crippen molar-refractivity contribution in [1.29, 1.82) is 5.26 Å². The number of methoxy groups -OCH3 is 1. The molecule has 2 heterocycles. The standard InChI is InChI=1S/C19H20N4O2/c1-25-19(24)17-7-3-2-5-16(17)14-22-9-11-23(12-10-22)18-15(13-20)6-4-8-21-18/h2-8H,9-12,14H2,1H3. The van der Waals surface area contributed by atoms with Crippen LogP contribution in [0.2, 0.25) is 0 Å². The number of hydrogen-bond acceptors (Lipinski definition) is 6. The van der Waals surface area contributed by atoms with Crippen molar-refractivity contribution in [3.8, 4) is 6.07 Å². The third kappa shape index (κ3) is 3.78. The zero-order valence-corrected chi connectivity index (χ0v) is 14.2. The van der Waals surface area contributed by atoms with Gasteiger partial charge in [-0.1, -0.05) is 18.2 Å². The summed E-state index contributed by atoms with van der Waals surface area (Å²) >= 11 is 0. The fourth-order valence-electron chi connectivity index (χ4n) is 3.06. The van der Waals surface area contributed by atoms with Gasteiger partial charge in [0.05, 0.1) is 18.2 Å². The zero-order valence-electron chi connectivity index (χ0n) is 14.2. The van der Waals surface area contributed by atoms with Crippen LogP contribution in [0.5, 0.6) is 0 Å². The van der Waals surface area contributed by atoms with Crippen LogP contribution in [0.15, 0.2) is 42.6 Å². The van der Waals surface area contributed by atoms with Gasteiger partial charge in [0.1, 0.15) is 11.9 Å². The first-order valence-electron chi connectivity index (χ1n) is 8.21. The SMILES string of the molecule is COC(=O)c1ccccc1CN1CCN(c2ncccc2C#N)CC1. The maximum absolute atomic E-state index is 11.9. The second kappa shape index (κ2) is 7.77. The first-order valence-corrected chi connectivity index (χ1v) is 8.21. The number of pyridine rings is 1. The lowest BCUT2D eigenvalue weighted by molar-refractivity contribution is 0.0598. The molecule has 1 fully saturated rings. The first kappa shape index (κ1) is 16.9. The summed E-state index contributed by atoms with van der Waals surface area (Å²) in [6, 6.07) is 13.3. The first-order chi connectivity index (χ1) is 12.2. The van der Waals surface area contributed by atoms with Crippen molar-refractivity contribution in [1.82, 2.24) is 9.88 Å². The minimum Gasteiger partial charge on any atom is -0.465 e. The summed E-state index contributed by atoms with van der Waals surface area (Å²) in [7, 11) is 1.40. The number of nitriles is 1. The number of rotatable bonds is 4. The summed E-state index contributed by atoms with van der Waals surface area (Å²) in [5.41, 5.74) is 2.19. The van der Waals surface area contributed by atoms with Gasteiger partial charge in [-0.2, -0.15) is 5.26 Å². The molecule has 1 aromatic heterocycles. The Hall–Kier alpha value is -2.91. The summed E-state index contributed by atoms with van der Waals surface area (Å²) in [5, 5.41) is 9.23. The largest absolute Gasteiger partial charge is 0.465 e. The highest BCUT2D eigenvalue weighted by molar-refractivity contribution is 5.90. The molecule has 0 unspecified atom stereocenters. The molecule has 0 bridgehead atoms. The fourth-order valence-corrected chi connectivity index (χ4v) is 3.06. The molecule has 3 rings (SSSR count). The molecule has 6 nitrogen and oxygen atoms in total. The minimum atomic E-state index is -0.304. The van der Waals surface area contributed by atoms with Crippen molar-refractivity contribution in [3.05, 3.63) is 59.3 Å². The molecule has 0 spiro atoms. The van der Waals surface area contributed by atoms with Crippen LogP contribution in [0, 0.1) is 11.3 Å². The Labute approximate surface area is 147 Å². The van der Waals surface area contributed by atoms with Crippen molar-refractivity contribution in [2.75, 3.05) is 38.2 Å². The molecule has 0 aliphatic carbocycles. The van der Waals surface area contributed by atoms with Gasteiger partial charge in [-0.25, -0.2) is 9.78 Å². The molecule has 6 heteroatoms. The Bertz CT molecular complexity index is 792. The van der Waals surface area contributed by atoms with Gasteiger partial charge in [0.2, 0.25) is 0 Å².